The largest absolute Gasteiger partial charge is 0.393 e. The maximum atomic E-state index is 11.1. The lowest BCUT2D eigenvalue weighted by atomic mass is 9.58. The molecule has 1 fully saturated rings. The fourth-order valence-corrected chi connectivity index (χ4v) is 4.22. The number of hydrogen-bond acceptors (Lipinski definition) is 2. The van der Waals surface area contributed by atoms with E-state index in [2.05, 4.69) is 39.0 Å². The predicted octanol–water partition coefficient (Wildman–Crippen LogP) is 3.07. The van der Waals surface area contributed by atoms with Crippen molar-refractivity contribution in [3.8, 4) is 0 Å². The lowest BCUT2D eigenvalue weighted by molar-refractivity contribution is -0.114. The van der Waals surface area contributed by atoms with Gasteiger partial charge in [-0.1, -0.05) is 51.2 Å². The summed E-state index contributed by atoms with van der Waals surface area (Å²) in [4.78, 5) is 11.1. The van der Waals surface area contributed by atoms with Crippen LogP contribution in [0.15, 0.2) is 36.0 Å². The normalized spacial score (nSPS) is 42.4. The Kier molecular flexibility index (Phi) is 5.28. The van der Waals surface area contributed by atoms with Crippen molar-refractivity contribution in [2.24, 2.45) is 41.2 Å². The van der Waals surface area contributed by atoms with Crippen molar-refractivity contribution >= 4 is 5.91 Å². The number of hydrogen-bond donors (Lipinski definition) is 2. The van der Waals surface area contributed by atoms with Crippen LogP contribution in [0.5, 0.6) is 0 Å². The van der Waals surface area contributed by atoms with Gasteiger partial charge in [0.15, 0.2) is 0 Å². The highest BCUT2D eigenvalue weighted by molar-refractivity contribution is 5.91. The summed E-state index contributed by atoms with van der Waals surface area (Å²) >= 11 is 0. The summed E-state index contributed by atoms with van der Waals surface area (Å²) in [6.07, 6.45) is 11.4. The highest BCUT2D eigenvalue weighted by Gasteiger charge is 2.44. The fourth-order valence-electron chi connectivity index (χ4n) is 4.22. The molecule has 3 heteroatoms. The lowest BCUT2D eigenvalue weighted by Gasteiger charge is -2.48. The number of aliphatic hydroxyl groups excluding tert-OH is 1. The molecule has 0 radical (unpaired) electrons. The molecule has 122 valence electrons. The van der Waals surface area contributed by atoms with Crippen molar-refractivity contribution in [1.29, 1.82) is 0 Å². The minimum atomic E-state index is -0.380. The Morgan fingerprint density at radius 2 is 1.95 bits per heavy atom. The Morgan fingerprint density at radius 1 is 1.27 bits per heavy atom. The van der Waals surface area contributed by atoms with Gasteiger partial charge in [-0.25, -0.2) is 0 Å². The molecule has 3 N–H and O–H groups in total. The Balaban J connectivity index is 2.22. The van der Waals surface area contributed by atoms with Crippen LogP contribution in [0, 0.1) is 35.5 Å². The molecule has 0 bridgehead atoms. The predicted molar refractivity (Wildman–Crippen MR) is 89.8 cm³/mol. The molecule has 7 atom stereocenters. The zero-order chi connectivity index (χ0) is 16.4. The third kappa shape index (κ3) is 3.35. The van der Waals surface area contributed by atoms with Crippen molar-refractivity contribution in [1.82, 2.24) is 0 Å². The van der Waals surface area contributed by atoms with Crippen LogP contribution in [-0.2, 0) is 4.79 Å². The van der Waals surface area contributed by atoms with Crippen LogP contribution >= 0.6 is 0 Å². The van der Waals surface area contributed by atoms with Gasteiger partial charge in [0.25, 0.3) is 0 Å². The van der Waals surface area contributed by atoms with E-state index in [1.54, 1.807) is 13.0 Å². The SMILES string of the molecule is C/C(=C\C=C\[C@@H]1[C@H]2[C@H](C)[C@@H](O)[C@H](C)C[C@@H]2C=C[C@@H]1C)C(N)=O. The summed E-state index contributed by atoms with van der Waals surface area (Å²) in [5.41, 5.74) is 5.83. The molecule has 0 saturated heterocycles. The van der Waals surface area contributed by atoms with E-state index >= 15 is 0 Å². The Hall–Kier alpha value is -1.35. The van der Waals surface area contributed by atoms with E-state index < -0.39 is 0 Å². The van der Waals surface area contributed by atoms with Crippen LogP contribution in [-0.4, -0.2) is 17.1 Å². The number of aliphatic hydroxyl groups is 1. The van der Waals surface area contributed by atoms with Gasteiger partial charge in [0, 0.05) is 5.57 Å². The molecule has 2 rings (SSSR count). The van der Waals surface area contributed by atoms with Crippen molar-refractivity contribution < 1.29 is 9.90 Å². The second-order valence-electron chi connectivity index (χ2n) is 7.22. The van der Waals surface area contributed by atoms with E-state index in [9.17, 15) is 9.90 Å². The van der Waals surface area contributed by atoms with Crippen molar-refractivity contribution in [3.63, 3.8) is 0 Å². The number of allylic oxidation sites excluding steroid dienone is 5. The van der Waals surface area contributed by atoms with Gasteiger partial charge in [-0.2, -0.15) is 0 Å². The summed E-state index contributed by atoms with van der Waals surface area (Å²) in [7, 11) is 0. The average molecular weight is 303 g/mol. The summed E-state index contributed by atoms with van der Waals surface area (Å²) in [5.74, 6) is 2.11. The lowest BCUT2D eigenvalue weighted by Crippen LogP contribution is -2.46. The maximum Gasteiger partial charge on any atom is 0.244 e. The van der Waals surface area contributed by atoms with Gasteiger partial charge >= 0.3 is 0 Å². The monoisotopic (exact) mass is 303 g/mol. The van der Waals surface area contributed by atoms with Crippen LogP contribution in [0.2, 0.25) is 0 Å². The van der Waals surface area contributed by atoms with E-state index in [0.717, 1.165) is 6.42 Å². The molecule has 0 aromatic carbocycles. The van der Waals surface area contributed by atoms with Gasteiger partial charge in [-0.15, -0.1) is 0 Å². The zero-order valence-corrected chi connectivity index (χ0v) is 14.1. The maximum absolute atomic E-state index is 11.1. The first-order chi connectivity index (χ1) is 10.3. The van der Waals surface area contributed by atoms with Crippen molar-refractivity contribution in [2.75, 3.05) is 0 Å². The molecular weight excluding hydrogens is 274 g/mol. The molecule has 0 unspecified atom stereocenters. The van der Waals surface area contributed by atoms with Crippen LogP contribution in [0.3, 0.4) is 0 Å². The van der Waals surface area contributed by atoms with Gasteiger partial charge in [-0.05, 0) is 48.9 Å². The van der Waals surface area contributed by atoms with Crippen molar-refractivity contribution in [2.45, 2.75) is 40.2 Å². The number of amides is 1. The first-order valence-corrected chi connectivity index (χ1v) is 8.34. The Labute approximate surface area is 134 Å². The number of nitrogens with two attached hydrogens (primary N) is 1. The van der Waals surface area contributed by atoms with Gasteiger partial charge in [0.05, 0.1) is 6.10 Å². The molecule has 0 spiro atoms. The smallest absolute Gasteiger partial charge is 0.244 e. The molecule has 1 saturated carbocycles. The molecular formula is C19H29NO2. The third-order valence-electron chi connectivity index (χ3n) is 5.65. The molecule has 1 amide bonds. The van der Waals surface area contributed by atoms with E-state index in [4.69, 9.17) is 5.73 Å². The zero-order valence-electron chi connectivity index (χ0n) is 14.1. The highest BCUT2D eigenvalue weighted by atomic mass is 16.3. The minimum absolute atomic E-state index is 0.223. The quantitative estimate of drug-likeness (QED) is 0.478. The number of carbonyl (C=O) groups excluding carboxylic acids is 1. The highest BCUT2D eigenvalue weighted by Crippen LogP contribution is 2.48. The standard InChI is InChI=1S/C19H29NO2/c1-11-8-9-15-10-13(3)18(21)14(4)17(15)16(11)7-5-6-12(2)19(20)22/h5-9,11,13-18,21H,10H2,1-4H3,(H2,20,22)/b7-5+,12-6+/t11-,13+,14-,15-,16-,17-,18-/m0/s1. The topological polar surface area (TPSA) is 63.3 Å². The number of primary amides is 1. The molecule has 2 aliphatic rings. The Morgan fingerprint density at radius 3 is 2.59 bits per heavy atom. The van der Waals surface area contributed by atoms with Crippen LogP contribution in [0.25, 0.3) is 0 Å². The van der Waals surface area contributed by atoms with Crippen molar-refractivity contribution in [3.05, 3.63) is 36.0 Å². The molecule has 0 heterocycles. The van der Waals surface area contributed by atoms with Crippen LogP contribution in [0.4, 0.5) is 0 Å². The number of fused-ring (bicyclic) bond motifs is 1. The molecule has 3 nitrogen and oxygen atoms in total. The first-order valence-electron chi connectivity index (χ1n) is 8.34. The van der Waals surface area contributed by atoms with E-state index in [1.165, 1.54) is 0 Å². The number of rotatable bonds is 3. The van der Waals surface area contributed by atoms with E-state index in [1.807, 2.05) is 6.08 Å². The molecule has 0 aromatic heterocycles. The second-order valence-corrected chi connectivity index (χ2v) is 7.22. The summed E-state index contributed by atoms with van der Waals surface area (Å²) in [6.45, 7) is 8.28. The summed E-state index contributed by atoms with van der Waals surface area (Å²) in [6, 6.07) is 0. The number of carbonyl (C=O) groups is 1. The molecule has 2 aliphatic carbocycles. The molecule has 0 aliphatic heterocycles. The van der Waals surface area contributed by atoms with E-state index in [-0.39, 0.29) is 17.9 Å². The Bertz CT molecular complexity index is 506. The summed E-state index contributed by atoms with van der Waals surface area (Å²) in [5, 5.41) is 10.5. The fraction of sp³-hybridized carbons (Fsp3) is 0.632. The minimum Gasteiger partial charge on any atom is -0.393 e. The van der Waals surface area contributed by atoms with Crippen LogP contribution < -0.4 is 5.73 Å². The first kappa shape index (κ1) is 17.0. The van der Waals surface area contributed by atoms with Gasteiger partial charge in [0.1, 0.15) is 0 Å². The summed E-state index contributed by atoms with van der Waals surface area (Å²) < 4.78 is 0. The molecule has 22 heavy (non-hydrogen) atoms. The second kappa shape index (κ2) is 6.82. The van der Waals surface area contributed by atoms with Gasteiger partial charge < -0.3 is 10.8 Å². The average Bonchev–Trinajstić information content (AvgIpc) is 2.47. The van der Waals surface area contributed by atoms with Gasteiger partial charge in [-0.3, -0.25) is 4.79 Å². The van der Waals surface area contributed by atoms with E-state index in [0.29, 0.717) is 35.2 Å². The van der Waals surface area contributed by atoms with Gasteiger partial charge in [0.2, 0.25) is 5.91 Å². The molecule has 0 aromatic rings. The van der Waals surface area contributed by atoms with Crippen LogP contribution in [0.1, 0.15) is 34.1 Å². The third-order valence-corrected chi connectivity index (χ3v) is 5.65.